The molecule has 0 aliphatic rings. The summed E-state index contributed by atoms with van der Waals surface area (Å²) in [5, 5.41) is 2.84. The van der Waals surface area contributed by atoms with Gasteiger partial charge in [-0.15, -0.1) is 0 Å². The van der Waals surface area contributed by atoms with Gasteiger partial charge in [0.1, 0.15) is 0 Å². The normalized spacial score (nSPS) is 11.1. The molecule has 0 radical (unpaired) electrons. The van der Waals surface area contributed by atoms with Crippen LogP contribution in [0.3, 0.4) is 0 Å². The summed E-state index contributed by atoms with van der Waals surface area (Å²) in [5.74, 6) is 0. The van der Waals surface area contributed by atoms with Crippen molar-refractivity contribution >= 4 is 10.8 Å². The van der Waals surface area contributed by atoms with E-state index in [1.165, 1.54) is 44.2 Å². The zero-order chi connectivity index (χ0) is 12.0. The Labute approximate surface area is 98.3 Å². The van der Waals surface area contributed by atoms with Gasteiger partial charge in [-0.25, -0.2) is 0 Å². The van der Waals surface area contributed by atoms with Gasteiger partial charge >= 0.3 is 0 Å². The average Bonchev–Trinajstić information content (AvgIpc) is 2.25. The zero-order valence-electron chi connectivity index (χ0n) is 11.2. The molecule has 0 saturated heterocycles. The van der Waals surface area contributed by atoms with Gasteiger partial charge in [-0.1, -0.05) is 12.1 Å². The second-order valence-corrected chi connectivity index (χ2v) is 4.98. The molecule has 84 valence electrons. The lowest BCUT2D eigenvalue weighted by atomic mass is 9.90. The largest absolute Gasteiger partial charge is 0.0509 e. The van der Waals surface area contributed by atoms with E-state index >= 15 is 0 Å². The third kappa shape index (κ3) is 1.44. The molecule has 0 heteroatoms. The molecular weight excluding hydrogens is 192 g/mol. The summed E-state index contributed by atoms with van der Waals surface area (Å²) < 4.78 is 0. The van der Waals surface area contributed by atoms with Crippen LogP contribution in [0.25, 0.3) is 10.8 Å². The van der Waals surface area contributed by atoms with Gasteiger partial charge in [0.2, 0.25) is 0 Å². The molecule has 0 nitrogen and oxygen atoms in total. The molecule has 0 unspecified atom stereocenters. The van der Waals surface area contributed by atoms with E-state index in [2.05, 4.69) is 53.7 Å². The van der Waals surface area contributed by atoms with Gasteiger partial charge in [0.25, 0.3) is 0 Å². The monoisotopic (exact) mass is 212 g/mol. The molecule has 2 aromatic carbocycles. The summed E-state index contributed by atoms with van der Waals surface area (Å²) in [6, 6.07) is 4.67. The Bertz CT molecular complexity index is 521. The molecule has 16 heavy (non-hydrogen) atoms. The summed E-state index contributed by atoms with van der Waals surface area (Å²) in [4.78, 5) is 0. The van der Waals surface area contributed by atoms with Crippen molar-refractivity contribution in [1.29, 1.82) is 0 Å². The Morgan fingerprint density at radius 3 is 1.12 bits per heavy atom. The maximum absolute atomic E-state index is 2.33. The van der Waals surface area contributed by atoms with E-state index in [1.54, 1.807) is 0 Å². The molecule has 2 aromatic rings. The molecular formula is C16H20. The smallest absolute Gasteiger partial charge is 0.0146 e. The van der Waals surface area contributed by atoms with Crippen LogP contribution >= 0.6 is 0 Å². The Hall–Kier alpha value is -1.30. The Kier molecular flexibility index (Phi) is 2.53. The van der Waals surface area contributed by atoms with Crippen molar-refractivity contribution in [3.63, 3.8) is 0 Å². The van der Waals surface area contributed by atoms with Gasteiger partial charge in [0, 0.05) is 0 Å². The van der Waals surface area contributed by atoms with E-state index in [-0.39, 0.29) is 0 Å². The number of aryl methyl sites for hydroxylation is 4. The minimum absolute atomic E-state index is 1.40. The van der Waals surface area contributed by atoms with Crippen LogP contribution in [-0.4, -0.2) is 0 Å². The van der Waals surface area contributed by atoms with E-state index in [1.807, 2.05) is 0 Å². The number of hydrogen-bond donors (Lipinski definition) is 0. The summed E-state index contributed by atoms with van der Waals surface area (Å²) in [6.45, 7) is 13.3. The molecule has 0 bridgehead atoms. The van der Waals surface area contributed by atoms with Crippen molar-refractivity contribution in [2.45, 2.75) is 41.5 Å². The van der Waals surface area contributed by atoms with E-state index < -0.39 is 0 Å². The van der Waals surface area contributed by atoms with E-state index in [0.717, 1.165) is 0 Å². The molecule has 0 heterocycles. The standard InChI is InChI=1S/C16H20/c1-9-7-15-14(6)12(4)10(2)8-16(15)13(5)11(9)3/h7-8H,1-6H3. The first-order valence-electron chi connectivity index (χ1n) is 5.90. The van der Waals surface area contributed by atoms with Crippen molar-refractivity contribution in [2.75, 3.05) is 0 Å². The maximum Gasteiger partial charge on any atom is -0.0146 e. The molecule has 0 atom stereocenters. The molecule has 2 rings (SSSR count). The van der Waals surface area contributed by atoms with E-state index in [9.17, 15) is 0 Å². The van der Waals surface area contributed by atoms with Crippen LogP contribution in [0.4, 0.5) is 0 Å². The van der Waals surface area contributed by atoms with Gasteiger partial charge in [0.05, 0.1) is 0 Å². The molecule has 0 aliphatic heterocycles. The van der Waals surface area contributed by atoms with E-state index in [4.69, 9.17) is 0 Å². The number of hydrogen-bond acceptors (Lipinski definition) is 0. The minimum Gasteiger partial charge on any atom is -0.0509 e. The maximum atomic E-state index is 2.33. The zero-order valence-corrected chi connectivity index (χ0v) is 11.2. The number of benzene rings is 2. The molecule has 0 amide bonds. The van der Waals surface area contributed by atoms with Gasteiger partial charge in [-0.05, 0) is 85.7 Å². The number of rotatable bonds is 0. The summed E-state index contributed by atoms with van der Waals surface area (Å²) in [7, 11) is 0. The lowest BCUT2D eigenvalue weighted by Gasteiger charge is -2.15. The Balaban J connectivity index is 3.02. The molecule has 0 N–H and O–H groups in total. The first-order valence-corrected chi connectivity index (χ1v) is 5.90. The number of fused-ring (bicyclic) bond motifs is 1. The van der Waals surface area contributed by atoms with Crippen LogP contribution in [0, 0.1) is 41.5 Å². The Morgan fingerprint density at radius 1 is 0.500 bits per heavy atom. The fourth-order valence-electron chi connectivity index (χ4n) is 2.42. The van der Waals surface area contributed by atoms with Crippen LogP contribution in [0.15, 0.2) is 12.1 Å². The predicted octanol–water partition coefficient (Wildman–Crippen LogP) is 4.69. The second kappa shape index (κ2) is 3.62. The first-order chi connectivity index (χ1) is 7.43. The molecule has 0 spiro atoms. The first kappa shape index (κ1) is 11.2. The SMILES string of the molecule is Cc1cc2c(C)c(C)c(C)cc2c(C)c1C. The third-order valence-electron chi connectivity index (χ3n) is 4.13. The lowest BCUT2D eigenvalue weighted by Crippen LogP contribution is -1.94. The van der Waals surface area contributed by atoms with Gasteiger partial charge in [-0.2, -0.15) is 0 Å². The van der Waals surface area contributed by atoms with Crippen LogP contribution in [0.1, 0.15) is 33.4 Å². The topological polar surface area (TPSA) is 0 Å². The lowest BCUT2D eigenvalue weighted by molar-refractivity contribution is 1.26. The van der Waals surface area contributed by atoms with Crippen molar-refractivity contribution in [3.05, 3.63) is 45.5 Å². The van der Waals surface area contributed by atoms with E-state index in [0.29, 0.717) is 0 Å². The third-order valence-corrected chi connectivity index (χ3v) is 4.13. The second-order valence-electron chi connectivity index (χ2n) is 4.98. The van der Waals surface area contributed by atoms with Gasteiger partial charge in [-0.3, -0.25) is 0 Å². The summed E-state index contributed by atoms with van der Waals surface area (Å²) in [6.07, 6.45) is 0. The van der Waals surface area contributed by atoms with Crippen LogP contribution < -0.4 is 0 Å². The highest BCUT2D eigenvalue weighted by Gasteiger charge is 2.09. The highest BCUT2D eigenvalue weighted by atomic mass is 14.1. The highest BCUT2D eigenvalue weighted by Crippen LogP contribution is 2.30. The van der Waals surface area contributed by atoms with Gasteiger partial charge in [0.15, 0.2) is 0 Å². The molecule has 0 saturated carbocycles. The average molecular weight is 212 g/mol. The molecule has 0 aliphatic carbocycles. The van der Waals surface area contributed by atoms with Crippen molar-refractivity contribution in [2.24, 2.45) is 0 Å². The Morgan fingerprint density at radius 2 is 0.812 bits per heavy atom. The van der Waals surface area contributed by atoms with Crippen molar-refractivity contribution in [3.8, 4) is 0 Å². The molecule has 0 aromatic heterocycles. The fraction of sp³-hybridized carbons (Fsp3) is 0.375. The van der Waals surface area contributed by atoms with Crippen molar-refractivity contribution < 1.29 is 0 Å². The summed E-state index contributed by atoms with van der Waals surface area (Å²) >= 11 is 0. The van der Waals surface area contributed by atoms with Gasteiger partial charge < -0.3 is 0 Å². The summed E-state index contributed by atoms with van der Waals surface area (Å²) in [5.41, 5.74) is 8.51. The van der Waals surface area contributed by atoms with Crippen LogP contribution in [0.2, 0.25) is 0 Å². The van der Waals surface area contributed by atoms with Crippen LogP contribution in [-0.2, 0) is 0 Å². The molecule has 0 fully saturated rings. The fourth-order valence-corrected chi connectivity index (χ4v) is 2.42. The quantitative estimate of drug-likeness (QED) is 0.594. The predicted molar refractivity (Wildman–Crippen MR) is 72.4 cm³/mol. The van der Waals surface area contributed by atoms with Crippen molar-refractivity contribution in [1.82, 2.24) is 0 Å². The minimum atomic E-state index is 1.40. The van der Waals surface area contributed by atoms with Crippen LogP contribution in [0.5, 0.6) is 0 Å². The highest BCUT2D eigenvalue weighted by molar-refractivity contribution is 5.91.